The van der Waals surface area contributed by atoms with E-state index in [1.165, 1.54) is 31.2 Å². The Morgan fingerprint density at radius 3 is 2.27 bits per heavy atom. The van der Waals surface area contributed by atoms with Gasteiger partial charge in [-0.25, -0.2) is 13.1 Å². The Balaban J connectivity index is 1.73. The number of rotatable bonds is 5. The van der Waals surface area contributed by atoms with Crippen LogP contribution in [0, 0.1) is 6.92 Å². The molecule has 26 heavy (non-hydrogen) atoms. The maximum absolute atomic E-state index is 12.5. The summed E-state index contributed by atoms with van der Waals surface area (Å²) < 4.78 is 27.7. The van der Waals surface area contributed by atoms with Crippen LogP contribution in [-0.4, -0.2) is 32.7 Å². The van der Waals surface area contributed by atoms with Gasteiger partial charge in [0, 0.05) is 30.3 Å². The summed E-state index contributed by atoms with van der Waals surface area (Å²) in [6, 6.07) is 12.8. The molecule has 7 heteroatoms. The largest absolute Gasteiger partial charge is 0.311 e. The minimum atomic E-state index is -3.76. The van der Waals surface area contributed by atoms with Gasteiger partial charge in [0.1, 0.15) is 0 Å². The summed E-state index contributed by atoms with van der Waals surface area (Å²) in [7, 11) is -3.76. The number of carbonyl (C=O) groups excluding carboxylic acids is 2. The van der Waals surface area contributed by atoms with Gasteiger partial charge in [-0.15, -0.1) is 0 Å². The van der Waals surface area contributed by atoms with Crippen molar-refractivity contribution < 1.29 is 18.0 Å². The summed E-state index contributed by atoms with van der Waals surface area (Å²) >= 11 is 0. The number of nitrogens with one attached hydrogen (secondary N) is 1. The first-order valence-corrected chi connectivity index (χ1v) is 9.75. The van der Waals surface area contributed by atoms with E-state index in [1.807, 2.05) is 31.2 Å². The van der Waals surface area contributed by atoms with Crippen LogP contribution in [0.15, 0.2) is 53.4 Å². The molecular weight excluding hydrogens is 352 g/mol. The van der Waals surface area contributed by atoms with Crippen LogP contribution in [0.2, 0.25) is 0 Å². The molecule has 1 amide bonds. The Hall–Kier alpha value is -2.51. The van der Waals surface area contributed by atoms with Gasteiger partial charge in [-0.05, 0) is 38.1 Å². The van der Waals surface area contributed by atoms with Crippen LogP contribution in [0.1, 0.15) is 29.3 Å². The van der Waals surface area contributed by atoms with E-state index in [-0.39, 0.29) is 29.6 Å². The molecule has 6 nitrogen and oxygen atoms in total. The van der Waals surface area contributed by atoms with E-state index in [9.17, 15) is 18.0 Å². The van der Waals surface area contributed by atoms with Crippen LogP contribution in [0.4, 0.5) is 5.69 Å². The minimum Gasteiger partial charge on any atom is -0.311 e. The first kappa shape index (κ1) is 18.3. The molecule has 1 aliphatic heterocycles. The van der Waals surface area contributed by atoms with E-state index in [1.54, 1.807) is 4.90 Å². The van der Waals surface area contributed by atoms with Gasteiger partial charge in [0.15, 0.2) is 5.78 Å². The zero-order valence-corrected chi connectivity index (χ0v) is 15.4. The fourth-order valence-electron chi connectivity index (χ4n) is 2.92. The lowest BCUT2D eigenvalue weighted by atomic mass is 10.2. The highest BCUT2D eigenvalue weighted by Crippen LogP contribution is 2.23. The quantitative estimate of drug-likeness (QED) is 0.816. The van der Waals surface area contributed by atoms with Crippen molar-refractivity contribution in [3.8, 4) is 0 Å². The molecule has 1 N–H and O–H groups in total. The number of nitrogens with zero attached hydrogens (tertiary/aromatic N) is 1. The standard InChI is InChI=1S/C19H20N2O4S/c1-13-3-7-17(8-4-13)21-12-16(11-19(21)23)20-26(24,25)18-9-5-15(6-10-18)14(2)22/h3-10,16,20H,11-12H2,1-2H3. The Morgan fingerprint density at radius 2 is 1.69 bits per heavy atom. The Bertz CT molecular complexity index is 935. The van der Waals surface area contributed by atoms with Crippen LogP contribution in [0.25, 0.3) is 0 Å². The van der Waals surface area contributed by atoms with Gasteiger partial charge in [-0.2, -0.15) is 0 Å². The summed E-state index contributed by atoms with van der Waals surface area (Å²) in [5.41, 5.74) is 2.30. The molecule has 0 bridgehead atoms. The van der Waals surface area contributed by atoms with Crippen molar-refractivity contribution in [1.82, 2.24) is 4.72 Å². The van der Waals surface area contributed by atoms with Gasteiger partial charge in [-0.3, -0.25) is 9.59 Å². The Morgan fingerprint density at radius 1 is 1.08 bits per heavy atom. The summed E-state index contributed by atoms with van der Waals surface area (Å²) in [6.45, 7) is 3.67. The van der Waals surface area contributed by atoms with E-state index in [4.69, 9.17) is 0 Å². The maximum Gasteiger partial charge on any atom is 0.240 e. The molecule has 2 aromatic rings. The van der Waals surface area contributed by atoms with Gasteiger partial charge in [0.05, 0.1) is 4.90 Å². The number of sulfonamides is 1. The minimum absolute atomic E-state index is 0.0729. The molecular formula is C19H20N2O4S. The Kier molecular flexibility index (Phi) is 4.93. The highest BCUT2D eigenvalue weighted by molar-refractivity contribution is 7.89. The van der Waals surface area contributed by atoms with Crippen LogP contribution in [0.5, 0.6) is 0 Å². The molecule has 1 atom stereocenters. The molecule has 0 radical (unpaired) electrons. The van der Waals surface area contributed by atoms with Crippen molar-refractivity contribution in [2.45, 2.75) is 31.2 Å². The van der Waals surface area contributed by atoms with Gasteiger partial charge >= 0.3 is 0 Å². The van der Waals surface area contributed by atoms with E-state index >= 15 is 0 Å². The third-order valence-corrected chi connectivity index (χ3v) is 5.90. The average molecular weight is 372 g/mol. The molecule has 136 valence electrons. The predicted octanol–water partition coefficient (Wildman–Crippen LogP) is 2.28. The molecule has 2 aromatic carbocycles. The second kappa shape index (κ2) is 7.01. The smallest absolute Gasteiger partial charge is 0.240 e. The average Bonchev–Trinajstić information content (AvgIpc) is 2.95. The molecule has 3 rings (SSSR count). The zero-order chi connectivity index (χ0) is 18.9. The molecule has 0 aromatic heterocycles. The van der Waals surface area contributed by atoms with Gasteiger partial charge in [0.25, 0.3) is 0 Å². The highest BCUT2D eigenvalue weighted by Gasteiger charge is 2.33. The molecule has 1 unspecified atom stereocenters. The summed E-state index contributed by atoms with van der Waals surface area (Å²) in [4.78, 5) is 25.2. The second-order valence-electron chi connectivity index (χ2n) is 6.44. The zero-order valence-electron chi connectivity index (χ0n) is 14.6. The lowest BCUT2D eigenvalue weighted by Crippen LogP contribution is -2.37. The van der Waals surface area contributed by atoms with Crippen LogP contribution >= 0.6 is 0 Å². The highest BCUT2D eigenvalue weighted by atomic mass is 32.2. The number of hydrogen-bond donors (Lipinski definition) is 1. The fourth-order valence-corrected chi connectivity index (χ4v) is 4.14. The van der Waals surface area contributed by atoms with E-state index < -0.39 is 16.1 Å². The number of aryl methyl sites for hydroxylation is 1. The number of ketones is 1. The number of amides is 1. The van der Waals surface area contributed by atoms with E-state index in [2.05, 4.69) is 4.72 Å². The van der Waals surface area contributed by atoms with Crippen molar-refractivity contribution in [1.29, 1.82) is 0 Å². The molecule has 0 saturated carbocycles. The summed E-state index contributed by atoms with van der Waals surface area (Å²) in [5, 5.41) is 0. The van der Waals surface area contributed by atoms with Crippen LogP contribution in [0.3, 0.4) is 0 Å². The Labute approximate surface area is 152 Å². The molecule has 0 spiro atoms. The molecule has 1 heterocycles. The van der Waals surface area contributed by atoms with Gasteiger partial charge in [-0.1, -0.05) is 29.8 Å². The summed E-state index contributed by atoms with van der Waals surface area (Å²) in [6.07, 6.45) is 0.110. The molecule has 1 saturated heterocycles. The van der Waals surface area contributed by atoms with E-state index in [0.29, 0.717) is 5.56 Å². The molecule has 0 aliphatic carbocycles. The third kappa shape index (κ3) is 3.84. The maximum atomic E-state index is 12.5. The van der Waals surface area contributed by atoms with Crippen molar-refractivity contribution in [2.75, 3.05) is 11.4 Å². The van der Waals surface area contributed by atoms with Crippen LogP contribution in [-0.2, 0) is 14.8 Å². The predicted molar refractivity (Wildman–Crippen MR) is 98.7 cm³/mol. The second-order valence-corrected chi connectivity index (χ2v) is 8.16. The lowest BCUT2D eigenvalue weighted by molar-refractivity contribution is -0.117. The first-order valence-electron chi connectivity index (χ1n) is 8.26. The van der Waals surface area contributed by atoms with E-state index in [0.717, 1.165) is 11.3 Å². The summed E-state index contributed by atoms with van der Waals surface area (Å²) in [5.74, 6) is -0.245. The van der Waals surface area contributed by atoms with Crippen molar-refractivity contribution in [3.05, 3.63) is 59.7 Å². The number of hydrogen-bond acceptors (Lipinski definition) is 4. The molecule has 1 fully saturated rings. The monoisotopic (exact) mass is 372 g/mol. The number of carbonyl (C=O) groups is 2. The number of Topliss-reactive ketones (excluding diaryl/α,β-unsaturated/α-hetero) is 1. The van der Waals surface area contributed by atoms with Gasteiger partial charge in [0.2, 0.25) is 15.9 Å². The number of anilines is 1. The van der Waals surface area contributed by atoms with Gasteiger partial charge < -0.3 is 4.90 Å². The third-order valence-electron chi connectivity index (χ3n) is 4.36. The van der Waals surface area contributed by atoms with Crippen molar-refractivity contribution in [2.24, 2.45) is 0 Å². The number of benzene rings is 2. The fraction of sp³-hybridized carbons (Fsp3) is 0.263. The lowest BCUT2D eigenvalue weighted by Gasteiger charge is -2.17. The van der Waals surface area contributed by atoms with Crippen molar-refractivity contribution >= 4 is 27.4 Å². The normalized spacial score (nSPS) is 17.5. The SMILES string of the molecule is CC(=O)c1ccc(S(=O)(=O)NC2CC(=O)N(c3ccc(C)cc3)C2)cc1. The first-order chi connectivity index (χ1) is 12.3. The topological polar surface area (TPSA) is 83.5 Å². The van der Waals surface area contributed by atoms with Crippen LogP contribution < -0.4 is 9.62 Å². The molecule has 1 aliphatic rings. The van der Waals surface area contributed by atoms with Crippen molar-refractivity contribution in [3.63, 3.8) is 0 Å².